The number of urea groups is 1. The maximum atomic E-state index is 13.2. The average molecular weight is 519 g/mol. The SMILES string of the molecule is COC1CN(C(=O)c2nc(N3CCN(C(=O)N4N=CC[C@H]4c4cncc(Cl)c4)CC3)ncc2Cl)C1. The van der Waals surface area contributed by atoms with E-state index in [2.05, 4.69) is 20.1 Å². The van der Waals surface area contributed by atoms with Crippen LogP contribution in [0.4, 0.5) is 10.7 Å². The van der Waals surface area contributed by atoms with E-state index in [9.17, 15) is 9.59 Å². The van der Waals surface area contributed by atoms with Gasteiger partial charge in [0, 0.05) is 71.4 Å². The number of halogens is 2. The van der Waals surface area contributed by atoms with Crippen LogP contribution in [0.15, 0.2) is 29.8 Å². The van der Waals surface area contributed by atoms with Crippen LogP contribution < -0.4 is 4.90 Å². The molecule has 3 aliphatic heterocycles. The Balaban J connectivity index is 1.22. The highest BCUT2D eigenvalue weighted by Crippen LogP contribution is 2.30. The molecule has 1 atom stereocenters. The third-order valence-corrected chi connectivity index (χ3v) is 6.86. The fourth-order valence-electron chi connectivity index (χ4n) is 4.29. The summed E-state index contributed by atoms with van der Waals surface area (Å²) in [7, 11) is 1.62. The van der Waals surface area contributed by atoms with Gasteiger partial charge in [-0.2, -0.15) is 5.10 Å². The van der Waals surface area contributed by atoms with Gasteiger partial charge in [-0.3, -0.25) is 9.78 Å². The van der Waals surface area contributed by atoms with Gasteiger partial charge in [0.05, 0.1) is 28.4 Å². The Bertz CT molecular complexity index is 1150. The number of hydrogen-bond donors (Lipinski definition) is 0. The quantitative estimate of drug-likeness (QED) is 0.610. The summed E-state index contributed by atoms with van der Waals surface area (Å²) in [5.41, 5.74) is 1.02. The summed E-state index contributed by atoms with van der Waals surface area (Å²) >= 11 is 12.3. The predicted molar refractivity (Wildman–Crippen MR) is 130 cm³/mol. The molecule has 11 nitrogen and oxygen atoms in total. The van der Waals surface area contributed by atoms with Gasteiger partial charge in [0.15, 0.2) is 5.69 Å². The maximum absolute atomic E-state index is 13.2. The smallest absolute Gasteiger partial charge is 0.341 e. The number of aromatic nitrogens is 3. The summed E-state index contributed by atoms with van der Waals surface area (Å²) in [6.07, 6.45) is 7.09. The molecule has 0 bridgehead atoms. The highest BCUT2D eigenvalue weighted by atomic mass is 35.5. The first kappa shape index (κ1) is 23.7. The van der Waals surface area contributed by atoms with Crippen LogP contribution in [0.2, 0.25) is 10.0 Å². The van der Waals surface area contributed by atoms with Gasteiger partial charge in [-0.25, -0.2) is 19.8 Å². The second-order valence-corrected chi connectivity index (χ2v) is 9.37. The molecule has 2 saturated heterocycles. The highest BCUT2D eigenvalue weighted by molar-refractivity contribution is 6.33. The van der Waals surface area contributed by atoms with Gasteiger partial charge in [-0.1, -0.05) is 23.2 Å². The standard InChI is InChI=1S/C22H24Cl2N8O3/c1-35-16-12-31(13-16)20(33)19-17(24)11-26-21(28-19)29-4-6-30(7-5-29)22(34)32-18(2-3-27-32)14-8-15(23)10-25-9-14/h3,8-11,16,18H,2,4-7,12-13H2,1H3/t18-/m0/s1. The molecule has 2 aromatic heterocycles. The van der Waals surface area contributed by atoms with Gasteiger partial charge < -0.3 is 19.4 Å². The Kier molecular flexibility index (Phi) is 6.72. The van der Waals surface area contributed by atoms with E-state index in [1.165, 1.54) is 11.2 Å². The molecular weight excluding hydrogens is 495 g/mol. The minimum absolute atomic E-state index is 0.0410. The minimum atomic E-state index is -0.241. The molecule has 0 spiro atoms. The van der Waals surface area contributed by atoms with Crippen LogP contribution >= 0.6 is 23.2 Å². The number of pyridine rings is 1. The Morgan fingerprint density at radius 1 is 1.06 bits per heavy atom. The van der Waals surface area contributed by atoms with Gasteiger partial charge >= 0.3 is 6.03 Å². The first-order valence-electron chi connectivity index (χ1n) is 11.2. The number of ether oxygens (including phenoxy) is 1. The fraction of sp³-hybridized carbons (Fsp3) is 0.455. The molecule has 0 unspecified atom stereocenters. The van der Waals surface area contributed by atoms with Crippen LogP contribution in [0.1, 0.15) is 28.5 Å². The number of piperazine rings is 1. The van der Waals surface area contributed by atoms with Crippen molar-refractivity contribution in [1.82, 2.24) is 29.8 Å². The van der Waals surface area contributed by atoms with Crippen LogP contribution in [0, 0.1) is 0 Å². The van der Waals surface area contributed by atoms with Gasteiger partial charge in [0.1, 0.15) is 0 Å². The molecule has 0 saturated carbocycles. The molecule has 13 heteroatoms. The Labute approximate surface area is 212 Å². The Morgan fingerprint density at radius 3 is 2.54 bits per heavy atom. The number of amides is 3. The van der Waals surface area contributed by atoms with Gasteiger partial charge in [-0.15, -0.1) is 0 Å². The molecule has 5 rings (SSSR count). The zero-order valence-corrected chi connectivity index (χ0v) is 20.6. The second kappa shape index (κ2) is 9.92. The van der Waals surface area contributed by atoms with Crippen molar-refractivity contribution in [3.63, 3.8) is 0 Å². The number of carbonyl (C=O) groups is 2. The lowest BCUT2D eigenvalue weighted by Gasteiger charge is -2.38. The Hall–Kier alpha value is -3.02. The summed E-state index contributed by atoms with van der Waals surface area (Å²) in [5, 5.41) is 6.51. The lowest BCUT2D eigenvalue weighted by molar-refractivity contribution is -0.0194. The fourth-order valence-corrected chi connectivity index (χ4v) is 4.65. The van der Waals surface area contributed by atoms with Crippen LogP contribution in [0.5, 0.6) is 0 Å². The summed E-state index contributed by atoms with van der Waals surface area (Å²) in [4.78, 5) is 44.2. The second-order valence-electron chi connectivity index (χ2n) is 8.52. The lowest BCUT2D eigenvalue weighted by atomic mass is 10.1. The van der Waals surface area contributed by atoms with Crippen molar-refractivity contribution >= 4 is 47.3 Å². The molecule has 184 valence electrons. The van der Waals surface area contributed by atoms with E-state index >= 15 is 0 Å². The third kappa shape index (κ3) is 4.75. The van der Waals surface area contributed by atoms with Crippen LogP contribution in [-0.4, -0.2) is 100 Å². The zero-order valence-electron chi connectivity index (χ0n) is 19.0. The predicted octanol–water partition coefficient (Wildman–Crippen LogP) is 2.32. The van der Waals surface area contributed by atoms with Crippen molar-refractivity contribution in [2.24, 2.45) is 5.10 Å². The number of anilines is 1. The topological polar surface area (TPSA) is 107 Å². The molecule has 5 heterocycles. The van der Waals surface area contributed by atoms with Crippen LogP contribution in [0.25, 0.3) is 0 Å². The molecular formula is C22H24Cl2N8O3. The van der Waals surface area contributed by atoms with Crippen molar-refractivity contribution < 1.29 is 14.3 Å². The van der Waals surface area contributed by atoms with E-state index in [0.29, 0.717) is 56.7 Å². The summed E-state index contributed by atoms with van der Waals surface area (Å²) in [5.74, 6) is 0.171. The van der Waals surface area contributed by atoms with E-state index in [1.54, 1.807) is 41.6 Å². The van der Waals surface area contributed by atoms with E-state index in [4.69, 9.17) is 27.9 Å². The van der Waals surface area contributed by atoms with Crippen molar-refractivity contribution in [3.05, 3.63) is 46.0 Å². The van der Waals surface area contributed by atoms with E-state index in [0.717, 1.165) is 5.56 Å². The van der Waals surface area contributed by atoms with Crippen molar-refractivity contribution in [1.29, 1.82) is 0 Å². The van der Waals surface area contributed by atoms with Crippen molar-refractivity contribution in [3.8, 4) is 0 Å². The number of likely N-dealkylation sites (tertiary alicyclic amines) is 1. The van der Waals surface area contributed by atoms with Gasteiger partial charge in [0.25, 0.3) is 5.91 Å². The van der Waals surface area contributed by atoms with E-state index in [1.807, 2.05) is 4.90 Å². The summed E-state index contributed by atoms with van der Waals surface area (Å²) in [6, 6.07) is 1.39. The molecule has 0 radical (unpaired) electrons. The molecule has 0 aliphatic carbocycles. The van der Waals surface area contributed by atoms with Crippen molar-refractivity contribution in [2.75, 3.05) is 51.3 Å². The molecule has 0 aromatic carbocycles. The molecule has 2 aromatic rings. The van der Waals surface area contributed by atoms with E-state index < -0.39 is 0 Å². The minimum Gasteiger partial charge on any atom is -0.378 e. The normalized spacial score (nSPS) is 20.4. The summed E-state index contributed by atoms with van der Waals surface area (Å²) < 4.78 is 5.23. The molecule has 3 aliphatic rings. The average Bonchev–Trinajstić information content (AvgIpc) is 3.33. The number of hydrogen-bond acceptors (Lipinski definition) is 8. The lowest BCUT2D eigenvalue weighted by Crippen LogP contribution is -2.54. The highest BCUT2D eigenvalue weighted by Gasteiger charge is 2.35. The molecule has 35 heavy (non-hydrogen) atoms. The Morgan fingerprint density at radius 2 is 1.83 bits per heavy atom. The van der Waals surface area contributed by atoms with Crippen LogP contribution in [0.3, 0.4) is 0 Å². The molecule has 0 N–H and O–H groups in total. The first-order valence-corrected chi connectivity index (χ1v) is 12.0. The van der Waals surface area contributed by atoms with Crippen molar-refractivity contribution in [2.45, 2.75) is 18.6 Å². The largest absolute Gasteiger partial charge is 0.378 e. The van der Waals surface area contributed by atoms with E-state index in [-0.39, 0.29) is 34.8 Å². The molecule has 3 amide bonds. The molecule has 2 fully saturated rings. The maximum Gasteiger partial charge on any atom is 0.341 e. The van der Waals surface area contributed by atoms with Crippen LogP contribution in [-0.2, 0) is 4.74 Å². The van der Waals surface area contributed by atoms with Gasteiger partial charge in [0.2, 0.25) is 5.95 Å². The first-order chi connectivity index (χ1) is 16.9. The number of hydrazone groups is 1. The summed E-state index contributed by atoms with van der Waals surface area (Å²) in [6.45, 7) is 2.97. The number of nitrogens with zero attached hydrogens (tertiary/aromatic N) is 8. The number of rotatable bonds is 4. The monoisotopic (exact) mass is 518 g/mol. The van der Waals surface area contributed by atoms with Gasteiger partial charge in [-0.05, 0) is 11.6 Å². The third-order valence-electron chi connectivity index (χ3n) is 6.37. The number of carbonyl (C=O) groups excluding carboxylic acids is 2. The number of methoxy groups -OCH3 is 1. The zero-order chi connectivity index (χ0) is 24.5.